The third-order valence-corrected chi connectivity index (χ3v) is 7.70. The Bertz CT molecular complexity index is 1720. The van der Waals surface area contributed by atoms with Gasteiger partial charge in [0.25, 0.3) is 5.56 Å². The fourth-order valence-electron chi connectivity index (χ4n) is 5.19. The van der Waals surface area contributed by atoms with Crippen LogP contribution in [0.25, 0.3) is 22.4 Å². The lowest BCUT2D eigenvalue weighted by molar-refractivity contribution is -0.116. The molecule has 0 bridgehead atoms. The standard InChI is InChI=1S/C28H25N5O2S/c1-17-12-13-22(18(2)14-17)32-26(35)21-9-5-7-11-24(21)33-27(32)29-30-28(33)36-16-25(34)31-19(3)15-20-8-4-6-10-23(20)31/h4-14,19H,15-16H2,1-3H3. The molecule has 3 aromatic carbocycles. The fourth-order valence-corrected chi connectivity index (χ4v) is 5.99. The molecule has 0 aliphatic carbocycles. The maximum absolute atomic E-state index is 13.6. The molecule has 0 fully saturated rings. The van der Waals surface area contributed by atoms with Crippen LogP contribution >= 0.6 is 11.8 Å². The molecular formula is C28H25N5O2S. The number of aromatic nitrogens is 4. The van der Waals surface area contributed by atoms with Crippen LogP contribution in [0.2, 0.25) is 0 Å². The van der Waals surface area contributed by atoms with E-state index >= 15 is 0 Å². The summed E-state index contributed by atoms with van der Waals surface area (Å²) in [6, 6.07) is 21.6. The highest BCUT2D eigenvalue weighted by atomic mass is 32.2. The summed E-state index contributed by atoms with van der Waals surface area (Å²) in [5.74, 6) is 0.679. The summed E-state index contributed by atoms with van der Waals surface area (Å²) in [6.07, 6.45) is 0.854. The predicted molar refractivity (Wildman–Crippen MR) is 143 cm³/mol. The summed E-state index contributed by atoms with van der Waals surface area (Å²) in [5, 5.41) is 10.00. The van der Waals surface area contributed by atoms with Gasteiger partial charge in [-0.15, -0.1) is 10.2 Å². The zero-order valence-corrected chi connectivity index (χ0v) is 21.1. The summed E-state index contributed by atoms with van der Waals surface area (Å²) >= 11 is 1.34. The van der Waals surface area contributed by atoms with E-state index in [1.807, 2.05) is 83.8 Å². The molecule has 7 nitrogen and oxygen atoms in total. The maximum atomic E-state index is 13.6. The van der Waals surface area contributed by atoms with Crippen LogP contribution < -0.4 is 10.5 Å². The zero-order valence-electron chi connectivity index (χ0n) is 20.3. The van der Waals surface area contributed by atoms with Crippen molar-refractivity contribution in [1.82, 2.24) is 19.2 Å². The first-order valence-electron chi connectivity index (χ1n) is 11.9. The van der Waals surface area contributed by atoms with Gasteiger partial charge in [0.2, 0.25) is 11.7 Å². The van der Waals surface area contributed by atoms with Gasteiger partial charge in [-0.1, -0.05) is 59.8 Å². The molecular weight excluding hydrogens is 470 g/mol. The number of rotatable bonds is 4. The first kappa shape index (κ1) is 22.5. The van der Waals surface area contributed by atoms with Crippen LogP contribution in [0.3, 0.4) is 0 Å². The number of aryl methyl sites for hydroxylation is 2. The first-order chi connectivity index (χ1) is 17.4. The highest BCUT2D eigenvalue weighted by molar-refractivity contribution is 7.99. The Balaban J connectivity index is 1.44. The van der Waals surface area contributed by atoms with Gasteiger partial charge in [-0.2, -0.15) is 0 Å². The van der Waals surface area contributed by atoms with Gasteiger partial charge in [0, 0.05) is 11.7 Å². The van der Waals surface area contributed by atoms with Gasteiger partial charge in [-0.25, -0.2) is 4.57 Å². The number of hydrogen-bond acceptors (Lipinski definition) is 5. The highest BCUT2D eigenvalue weighted by Gasteiger charge is 2.30. The van der Waals surface area contributed by atoms with E-state index in [9.17, 15) is 9.59 Å². The van der Waals surface area contributed by atoms with Crippen molar-refractivity contribution in [3.05, 3.63) is 93.8 Å². The molecule has 1 atom stereocenters. The second-order valence-electron chi connectivity index (χ2n) is 9.30. The van der Waals surface area contributed by atoms with Crippen molar-refractivity contribution in [2.75, 3.05) is 10.7 Å². The Kier molecular flexibility index (Phi) is 5.41. The first-order valence-corrected chi connectivity index (χ1v) is 12.9. The van der Waals surface area contributed by atoms with Crippen molar-refractivity contribution in [3.63, 3.8) is 0 Å². The Morgan fingerprint density at radius 2 is 1.78 bits per heavy atom. The minimum atomic E-state index is -0.146. The molecule has 0 spiro atoms. The Labute approximate surface area is 212 Å². The number of anilines is 1. The van der Waals surface area contributed by atoms with Crippen LogP contribution in [-0.4, -0.2) is 36.9 Å². The second kappa shape index (κ2) is 8.64. The molecule has 180 valence electrons. The lowest BCUT2D eigenvalue weighted by Gasteiger charge is -2.22. The molecule has 1 unspecified atom stereocenters. The van der Waals surface area contributed by atoms with Crippen LogP contribution in [0.15, 0.2) is 76.7 Å². The van der Waals surface area contributed by atoms with Crippen molar-refractivity contribution in [2.45, 2.75) is 38.4 Å². The largest absolute Gasteiger partial charge is 0.308 e. The number of hydrogen-bond donors (Lipinski definition) is 0. The van der Waals surface area contributed by atoms with Gasteiger partial charge >= 0.3 is 0 Å². The third kappa shape index (κ3) is 3.52. The molecule has 6 rings (SSSR count). The molecule has 1 aliphatic rings. The average molecular weight is 496 g/mol. The van der Waals surface area contributed by atoms with E-state index in [0.717, 1.165) is 34.4 Å². The van der Waals surface area contributed by atoms with Crippen molar-refractivity contribution >= 4 is 40.0 Å². The summed E-state index contributed by atoms with van der Waals surface area (Å²) in [7, 11) is 0. The quantitative estimate of drug-likeness (QED) is 0.338. The van der Waals surface area contributed by atoms with E-state index in [1.165, 1.54) is 17.3 Å². The lowest BCUT2D eigenvalue weighted by Crippen LogP contribution is -2.37. The Hall–Kier alpha value is -3.91. The maximum Gasteiger partial charge on any atom is 0.267 e. The molecule has 0 N–H and O–H groups in total. The van der Waals surface area contributed by atoms with Gasteiger partial charge in [-0.3, -0.25) is 14.0 Å². The van der Waals surface area contributed by atoms with E-state index in [-0.39, 0.29) is 23.3 Å². The number of thioether (sulfide) groups is 1. The number of nitrogens with zero attached hydrogens (tertiary/aromatic N) is 5. The topological polar surface area (TPSA) is 72.5 Å². The van der Waals surface area contributed by atoms with Gasteiger partial charge in [0.15, 0.2) is 5.16 Å². The Morgan fingerprint density at radius 1 is 1.00 bits per heavy atom. The molecule has 1 amide bonds. The molecule has 36 heavy (non-hydrogen) atoms. The summed E-state index contributed by atoms with van der Waals surface area (Å²) < 4.78 is 3.50. The normalized spacial score (nSPS) is 15.1. The van der Waals surface area contributed by atoms with Crippen molar-refractivity contribution in [2.24, 2.45) is 0 Å². The number of carbonyl (C=O) groups is 1. The minimum Gasteiger partial charge on any atom is -0.308 e. The van der Waals surface area contributed by atoms with Crippen molar-refractivity contribution in [1.29, 1.82) is 0 Å². The third-order valence-electron chi connectivity index (χ3n) is 6.79. The smallest absolute Gasteiger partial charge is 0.267 e. The number of para-hydroxylation sites is 2. The van der Waals surface area contributed by atoms with Crippen molar-refractivity contribution < 1.29 is 4.79 Å². The highest BCUT2D eigenvalue weighted by Crippen LogP contribution is 2.33. The SMILES string of the molecule is Cc1ccc(-n2c(=O)c3ccccc3n3c(SCC(=O)N4c5ccccc5CC4C)nnc23)c(C)c1. The second-order valence-corrected chi connectivity index (χ2v) is 10.2. The van der Waals surface area contributed by atoms with Crippen LogP contribution in [0.4, 0.5) is 5.69 Å². The molecule has 2 aromatic heterocycles. The average Bonchev–Trinajstić information content (AvgIpc) is 3.44. The van der Waals surface area contributed by atoms with E-state index in [4.69, 9.17) is 0 Å². The van der Waals surface area contributed by atoms with Crippen LogP contribution in [-0.2, 0) is 11.2 Å². The summed E-state index contributed by atoms with van der Waals surface area (Å²) in [6.45, 7) is 6.09. The summed E-state index contributed by atoms with van der Waals surface area (Å²) in [4.78, 5) is 28.8. The van der Waals surface area contributed by atoms with Crippen LogP contribution in [0.1, 0.15) is 23.6 Å². The molecule has 5 aromatic rings. The molecule has 1 aliphatic heterocycles. The molecule has 0 saturated carbocycles. The van der Waals surface area contributed by atoms with Gasteiger partial charge in [0.1, 0.15) is 0 Å². The van der Waals surface area contributed by atoms with Gasteiger partial charge < -0.3 is 4.90 Å². The van der Waals surface area contributed by atoms with Crippen LogP contribution in [0, 0.1) is 13.8 Å². The number of amides is 1. The van der Waals surface area contributed by atoms with E-state index in [0.29, 0.717) is 16.3 Å². The Morgan fingerprint density at radius 3 is 2.61 bits per heavy atom. The minimum absolute atomic E-state index is 0.0289. The fraction of sp³-hybridized carbons (Fsp3) is 0.214. The van der Waals surface area contributed by atoms with E-state index in [1.54, 1.807) is 4.57 Å². The van der Waals surface area contributed by atoms with Gasteiger partial charge in [0.05, 0.1) is 22.3 Å². The van der Waals surface area contributed by atoms with Gasteiger partial charge in [-0.05, 0) is 62.6 Å². The monoisotopic (exact) mass is 495 g/mol. The number of benzene rings is 3. The number of fused-ring (bicyclic) bond motifs is 4. The zero-order chi connectivity index (χ0) is 25.0. The van der Waals surface area contributed by atoms with E-state index < -0.39 is 0 Å². The van der Waals surface area contributed by atoms with E-state index in [2.05, 4.69) is 23.2 Å². The lowest BCUT2D eigenvalue weighted by atomic mass is 10.1. The molecule has 8 heteroatoms. The molecule has 0 radical (unpaired) electrons. The molecule has 0 saturated heterocycles. The predicted octanol–water partition coefficient (Wildman–Crippen LogP) is 4.72. The van der Waals surface area contributed by atoms with Crippen LogP contribution in [0.5, 0.6) is 0 Å². The van der Waals surface area contributed by atoms with Crippen molar-refractivity contribution in [3.8, 4) is 5.69 Å². The number of carbonyl (C=O) groups excluding carboxylic acids is 1. The summed E-state index contributed by atoms with van der Waals surface area (Å²) in [5.41, 5.74) is 5.61. The molecule has 3 heterocycles.